The fourth-order valence-electron chi connectivity index (χ4n) is 2.25. The molecule has 4 nitrogen and oxygen atoms in total. The molecular formula is C17H24FNO3. The van der Waals surface area contributed by atoms with Crippen LogP contribution >= 0.6 is 0 Å². The van der Waals surface area contributed by atoms with Crippen molar-refractivity contribution in [2.24, 2.45) is 5.92 Å². The number of rotatable bonds is 10. The number of carbonyl (C=O) groups excluding carboxylic acids is 1. The van der Waals surface area contributed by atoms with Crippen molar-refractivity contribution in [2.75, 3.05) is 6.54 Å². The van der Waals surface area contributed by atoms with Crippen LogP contribution in [0, 0.1) is 11.7 Å². The fourth-order valence-corrected chi connectivity index (χ4v) is 2.25. The lowest BCUT2D eigenvalue weighted by molar-refractivity contribution is -0.137. The first-order valence-electron chi connectivity index (χ1n) is 7.73. The minimum Gasteiger partial charge on any atom is -0.481 e. The molecule has 2 N–H and O–H groups in total. The highest BCUT2D eigenvalue weighted by Crippen LogP contribution is 2.10. The molecule has 0 fully saturated rings. The summed E-state index contributed by atoms with van der Waals surface area (Å²) in [6, 6.07) is 6.30. The van der Waals surface area contributed by atoms with Crippen LogP contribution in [0.25, 0.3) is 0 Å². The van der Waals surface area contributed by atoms with Crippen molar-refractivity contribution in [3.05, 3.63) is 35.6 Å². The maximum atomic E-state index is 13.1. The average molecular weight is 309 g/mol. The van der Waals surface area contributed by atoms with Crippen LogP contribution in [0.4, 0.5) is 4.39 Å². The number of aliphatic carboxylic acids is 1. The molecule has 22 heavy (non-hydrogen) atoms. The minimum absolute atomic E-state index is 0.0326. The normalized spacial score (nSPS) is 11.9. The molecule has 1 aromatic rings. The summed E-state index contributed by atoms with van der Waals surface area (Å²) in [5.41, 5.74) is 0.816. The van der Waals surface area contributed by atoms with E-state index in [-0.39, 0.29) is 24.1 Å². The Morgan fingerprint density at radius 2 is 1.95 bits per heavy atom. The summed E-state index contributed by atoms with van der Waals surface area (Å²) in [5, 5.41) is 11.4. The molecule has 1 aromatic carbocycles. The van der Waals surface area contributed by atoms with Crippen LogP contribution in [0.2, 0.25) is 0 Å². The monoisotopic (exact) mass is 309 g/mol. The van der Waals surface area contributed by atoms with E-state index in [1.165, 1.54) is 12.1 Å². The van der Waals surface area contributed by atoms with E-state index in [1.807, 2.05) is 13.0 Å². The Morgan fingerprint density at radius 3 is 2.64 bits per heavy atom. The van der Waals surface area contributed by atoms with Crippen LogP contribution in [0.1, 0.15) is 44.6 Å². The van der Waals surface area contributed by atoms with E-state index in [0.29, 0.717) is 19.4 Å². The van der Waals surface area contributed by atoms with Gasteiger partial charge in [0.25, 0.3) is 0 Å². The number of hydrogen-bond donors (Lipinski definition) is 2. The number of amides is 1. The van der Waals surface area contributed by atoms with Gasteiger partial charge in [0.15, 0.2) is 0 Å². The summed E-state index contributed by atoms with van der Waals surface area (Å²) in [6.07, 6.45) is 4.02. The quantitative estimate of drug-likeness (QED) is 0.652. The molecule has 5 heteroatoms. The van der Waals surface area contributed by atoms with Crippen molar-refractivity contribution < 1.29 is 19.1 Å². The summed E-state index contributed by atoms with van der Waals surface area (Å²) >= 11 is 0. The Bertz CT molecular complexity index is 491. The van der Waals surface area contributed by atoms with Gasteiger partial charge >= 0.3 is 5.97 Å². The number of unbranched alkanes of at least 4 members (excludes halogenated alkanes) is 3. The zero-order valence-electron chi connectivity index (χ0n) is 13.0. The zero-order chi connectivity index (χ0) is 16.4. The fraction of sp³-hybridized carbons (Fsp3) is 0.529. The predicted octanol–water partition coefficient (Wildman–Crippen LogP) is 3.16. The topological polar surface area (TPSA) is 66.4 Å². The second-order valence-electron chi connectivity index (χ2n) is 5.58. The van der Waals surface area contributed by atoms with Crippen molar-refractivity contribution in [2.45, 2.75) is 45.4 Å². The van der Waals surface area contributed by atoms with Gasteiger partial charge in [-0.15, -0.1) is 0 Å². The van der Waals surface area contributed by atoms with Crippen LogP contribution in [0.5, 0.6) is 0 Å². The number of carboxylic acids is 1. The molecule has 122 valence electrons. The Kier molecular flexibility index (Phi) is 8.18. The molecule has 0 aliphatic carbocycles. The molecular weight excluding hydrogens is 285 g/mol. The first-order valence-corrected chi connectivity index (χ1v) is 7.73. The summed E-state index contributed by atoms with van der Waals surface area (Å²) in [4.78, 5) is 22.3. The Hall–Kier alpha value is -1.91. The second-order valence-corrected chi connectivity index (χ2v) is 5.58. The maximum Gasteiger partial charge on any atom is 0.303 e. The van der Waals surface area contributed by atoms with Crippen molar-refractivity contribution in [1.29, 1.82) is 0 Å². The molecule has 0 spiro atoms. The first-order chi connectivity index (χ1) is 10.5. The van der Waals surface area contributed by atoms with Gasteiger partial charge in [-0.1, -0.05) is 31.9 Å². The molecule has 0 bridgehead atoms. The van der Waals surface area contributed by atoms with E-state index in [2.05, 4.69) is 5.32 Å². The van der Waals surface area contributed by atoms with Crippen molar-refractivity contribution in [1.82, 2.24) is 5.32 Å². The molecule has 0 aliphatic rings. The van der Waals surface area contributed by atoms with Gasteiger partial charge in [0.05, 0.1) is 0 Å². The molecule has 0 saturated carbocycles. The third-order valence-electron chi connectivity index (χ3n) is 3.50. The molecule has 0 saturated heterocycles. The smallest absolute Gasteiger partial charge is 0.303 e. The lowest BCUT2D eigenvalue weighted by Crippen LogP contribution is -2.31. The standard InChI is InChI=1S/C17H24FNO3/c1-13(11-14-7-6-8-15(18)12-14)17(22)19-10-5-3-2-4-9-16(20)21/h6-8,12-13H,2-5,9-11H2,1H3,(H,19,22)(H,20,21). The van der Waals surface area contributed by atoms with Crippen molar-refractivity contribution in [3.63, 3.8) is 0 Å². The molecule has 1 atom stereocenters. The Morgan fingerprint density at radius 1 is 1.23 bits per heavy atom. The summed E-state index contributed by atoms with van der Waals surface area (Å²) in [6.45, 7) is 2.42. The third kappa shape index (κ3) is 7.76. The lowest BCUT2D eigenvalue weighted by Gasteiger charge is -2.12. The van der Waals surface area contributed by atoms with E-state index >= 15 is 0 Å². The van der Waals surface area contributed by atoms with Gasteiger partial charge in [0.1, 0.15) is 5.82 Å². The predicted molar refractivity (Wildman–Crippen MR) is 83.0 cm³/mol. The zero-order valence-corrected chi connectivity index (χ0v) is 13.0. The summed E-state index contributed by atoms with van der Waals surface area (Å²) < 4.78 is 13.1. The van der Waals surface area contributed by atoms with Crippen LogP contribution in [-0.2, 0) is 16.0 Å². The van der Waals surface area contributed by atoms with E-state index in [0.717, 1.165) is 24.8 Å². The third-order valence-corrected chi connectivity index (χ3v) is 3.50. The Balaban J connectivity index is 2.15. The van der Waals surface area contributed by atoms with Gasteiger partial charge in [-0.25, -0.2) is 4.39 Å². The number of halogens is 1. The molecule has 0 heterocycles. The van der Waals surface area contributed by atoms with Gasteiger partial charge in [0, 0.05) is 18.9 Å². The number of benzene rings is 1. The number of nitrogens with one attached hydrogen (secondary N) is 1. The molecule has 1 amide bonds. The molecule has 0 radical (unpaired) electrons. The van der Waals surface area contributed by atoms with Gasteiger partial charge < -0.3 is 10.4 Å². The van der Waals surface area contributed by atoms with Crippen molar-refractivity contribution in [3.8, 4) is 0 Å². The highest BCUT2D eigenvalue weighted by Gasteiger charge is 2.13. The van der Waals surface area contributed by atoms with Crippen LogP contribution in [0.3, 0.4) is 0 Å². The first kappa shape index (κ1) is 18.1. The highest BCUT2D eigenvalue weighted by atomic mass is 19.1. The van der Waals surface area contributed by atoms with Crippen LogP contribution in [0.15, 0.2) is 24.3 Å². The second kappa shape index (κ2) is 9.92. The van der Waals surface area contributed by atoms with Crippen LogP contribution in [-0.4, -0.2) is 23.5 Å². The lowest BCUT2D eigenvalue weighted by atomic mass is 10.0. The van der Waals surface area contributed by atoms with E-state index < -0.39 is 5.97 Å². The summed E-state index contributed by atoms with van der Waals surface area (Å²) in [7, 11) is 0. The van der Waals surface area contributed by atoms with E-state index in [4.69, 9.17) is 5.11 Å². The van der Waals surface area contributed by atoms with Gasteiger partial charge in [-0.05, 0) is 37.0 Å². The van der Waals surface area contributed by atoms with E-state index in [9.17, 15) is 14.0 Å². The molecule has 1 rings (SSSR count). The van der Waals surface area contributed by atoms with Crippen molar-refractivity contribution >= 4 is 11.9 Å². The van der Waals surface area contributed by atoms with Gasteiger partial charge in [0.2, 0.25) is 5.91 Å². The molecule has 0 aliphatic heterocycles. The summed E-state index contributed by atoms with van der Waals surface area (Å²) in [5.74, 6) is -1.28. The van der Waals surface area contributed by atoms with Gasteiger partial charge in [-0.3, -0.25) is 9.59 Å². The molecule has 0 aromatic heterocycles. The average Bonchev–Trinajstić information content (AvgIpc) is 2.45. The minimum atomic E-state index is -0.764. The van der Waals surface area contributed by atoms with E-state index in [1.54, 1.807) is 6.07 Å². The Labute approximate surface area is 130 Å². The molecule has 1 unspecified atom stereocenters. The maximum absolute atomic E-state index is 13.1. The highest BCUT2D eigenvalue weighted by molar-refractivity contribution is 5.78. The van der Waals surface area contributed by atoms with Crippen LogP contribution < -0.4 is 5.32 Å². The number of carboxylic acid groups (broad SMARTS) is 1. The SMILES string of the molecule is CC(Cc1cccc(F)c1)C(=O)NCCCCCCC(=O)O. The van der Waals surface area contributed by atoms with Gasteiger partial charge in [-0.2, -0.15) is 0 Å². The number of carbonyl (C=O) groups is 2. The largest absolute Gasteiger partial charge is 0.481 e. The number of hydrogen-bond acceptors (Lipinski definition) is 2.